The van der Waals surface area contributed by atoms with E-state index in [-0.39, 0.29) is 5.69 Å². The highest BCUT2D eigenvalue weighted by Gasteiger charge is 2.11. The SMILES string of the molecule is O=C(O)COc1ccccc1/C=N/NC(=O)c1cc(-c2cccs2)[nH]n1. The summed E-state index contributed by atoms with van der Waals surface area (Å²) in [5.41, 5.74) is 3.88. The summed E-state index contributed by atoms with van der Waals surface area (Å²) in [6.45, 7) is -0.462. The van der Waals surface area contributed by atoms with Gasteiger partial charge in [0.05, 0.1) is 16.8 Å². The van der Waals surface area contributed by atoms with Gasteiger partial charge in [0.2, 0.25) is 0 Å². The molecule has 0 saturated heterocycles. The molecule has 0 unspecified atom stereocenters. The number of H-pyrrole nitrogens is 1. The Balaban J connectivity index is 1.64. The maximum atomic E-state index is 12.1. The van der Waals surface area contributed by atoms with Crippen LogP contribution >= 0.6 is 11.3 Å². The third-order valence-corrected chi connectivity index (χ3v) is 4.14. The smallest absolute Gasteiger partial charge is 0.341 e. The molecule has 0 saturated carbocycles. The average Bonchev–Trinajstić information content (AvgIpc) is 3.32. The van der Waals surface area contributed by atoms with Gasteiger partial charge in [-0.1, -0.05) is 18.2 Å². The molecule has 0 fully saturated rings. The highest BCUT2D eigenvalue weighted by Crippen LogP contribution is 2.22. The maximum absolute atomic E-state index is 12.1. The monoisotopic (exact) mass is 370 g/mol. The van der Waals surface area contributed by atoms with Crippen LogP contribution in [-0.2, 0) is 4.79 Å². The Morgan fingerprint density at radius 3 is 2.92 bits per heavy atom. The number of aromatic amines is 1. The Labute approximate surface area is 152 Å². The number of nitrogens with zero attached hydrogens (tertiary/aromatic N) is 2. The number of para-hydroxylation sites is 1. The van der Waals surface area contributed by atoms with Gasteiger partial charge in [-0.15, -0.1) is 11.3 Å². The highest BCUT2D eigenvalue weighted by molar-refractivity contribution is 7.13. The van der Waals surface area contributed by atoms with Crippen LogP contribution in [0.25, 0.3) is 10.6 Å². The Bertz CT molecular complexity index is 934. The number of carbonyl (C=O) groups excluding carboxylic acids is 1. The highest BCUT2D eigenvalue weighted by atomic mass is 32.1. The van der Waals surface area contributed by atoms with Gasteiger partial charge in [0.25, 0.3) is 5.91 Å². The van der Waals surface area contributed by atoms with Gasteiger partial charge in [-0.3, -0.25) is 9.89 Å². The molecule has 9 heteroatoms. The molecule has 0 radical (unpaired) electrons. The van der Waals surface area contributed by atoms with Crippen molar-refractivity contribution in [3.63, 3.8) is 0 Å². The van der Waals surface area contributed by atoms with E-state index in [9.17, 15) is 9.59 Å². The van der Waals surface area contributed by atoms with Gasteiger partial charge in [0.15, 0.2) is 12.3 Å². The van der Waals surface area contributed by atoms with Crippen molar-refractivity contribution < 1.29 is 19.4 Å². The molecule has 0 atom stereocenters. The molecule has 3 N–H and O–H groups in total. The first-order valence-electron chi connectivity index (χ1n) is 7.50. The van der Waals surface area contributed by atoms with Gasteiger partial charge in [-0.05, 0) is 29.6 Å². The van der Waals surface area contributed by atoms with Gasteiger partial charge >= 0.3 is 5.97 Å². The van der Waals surface area contributed by atoms with Crippen molar-refractivity contribution in [3.05, 3.63) is 59.1 Å². The van der Waals surface area contributed by atoms with Crippen LogP contribution in [0.1, 0.15) is 16.1 Å². The normalized spacial score (nSPS) is 10.8. The number of rotatable bonds is 7. The van der Waals surface area contributed by atoms with Gasteiger partial charge in [-0.2, -0.15) is 10.2 Å². The molecule has 3 rings (SSSR count). The summed E-state index contributed by atoms with van der Waals surface area (Å²) in [4.78, 5) is 23.7. The van der Waals surface area contributed by atoms with E-state index in [4.69, 9.17) is 9.84 Å². The third kappa shape index (κ3) is 4.33. The maximum Gasteiger partial charge on any atom is 0.341 e. The number of aromatic nitrogens is 2. The van der Waals surface area contributed by atoms with Crippen molar-refractivity contribution in [2.45, 2.75) is 0 Å². The van der Waals surface area contributed by atoms with Crippen LogP contribution < -0.4 is 10.2 Å². The predicted molar refractivity (Wildman–Crippen MR) is 96.5 cm³/mol. The van der Waals surface area contributed by atoms with E-state index >= 15 is 0 Å². The minimum Gasteiger partial charge on any atom is -0.481 e. The fourth-order valence-corrected chi connectivity index (χ4v) is 2.76. The van der Waals surface area contributed by atoms with E-state index < -0.39 is 18.5 Å². The van der Waals surface area contributed by atoms with Crippen LogP contribution in [0.3, 0.4) is 0 Å². The number of carbonyl (C=O) groups is 2. The zero-order valence-corrected chi connectivity index (χ0v) is 14.2. The molecule has 1 amide bonds. The van der Waals surface area contributed by atoms with Crippen LogP contribution in [0.4, 0.5) is 0 Å². The number of nitrogens with one attached hydrogen (secondary N) is 2. The van der Waals surface area contributed by atoms with Crippen LogP contribution in [-0.4, -0.2) is 40.0 Å². The van der Waals surface area contributed by atoms with Crippen molar-refractivity contribution in [1.29, 1.82) is 0 Å². The van der Waals surface area contributed by atoms with E-state index in [1.165, 1.54) is 17.6 Å². The number of hydrogen-bond acceptors (Lipinski definition) is 6. The Morgan fingerprint density at radius 2 is 2.15 bits per heavy atom. The van der Waals surface area contributed by atoms with E-state index in [2.05, 4.69) is 20.7 Å². The van der Waals surface area contributed by atoms with Crippen molar-refractivity contribution in [1.82, 2.24) is 15.6 Å². The number of carboxylic acid groups (broad SMARTS) is 1. The van der Waals surface area contributed by atoms with Gasteiger partial charge < -0.3 is 9.84 Å². The Kier molecular flexibility index (Phi) is 5.40. The lowest BCUT2D eigenvalue weighted by Gasteiger charge is -2.05. The quantitative estimate of drug-likeness (QED) is 0.436. The molecular weight excluding hydrogens is 356 g/mol. The summed E-state index contributed by atoms with van der Waals surface area (Å²) >= 11 is 1.54. The van der Waals surface area contributed by atoms with E-state index in [0.717, 1.165) is 10.6 Å². The van der Waals surface area contributed by atoms with E-state index in [0.29, 0.717) is 11.3 Å². The molecule has 3 aromatic rings. The van der Waals surface area contributed by atoms with Crippen molar-refractivity contribution in [2.24, 2.45) is 5.10 Å². The Hall–Kier alpha value is -3.46. The second-order valence-corrected chi connectivity index (χ2v) is 6.01. The first-order valence-corrected chi connectivity index (χ1v) is 8.38. The molecule has 26 heavy (non-hydrogen) atoms. The molecule has 0 bridgehead atoms. The van der Waals surface area contributed by atoms with Crippen molar-refractivity contribution in [2.75, 3.05) is 6.61 Å². The zero-order valence-electron chi connectivity index (χ0n) is 13.4. The third-order valence-electron chi connectivity index (χ3n) is 3.24. The first kappa shape index (κ1) is 17.4. The van der Waals surface area contributed by atoms with Gasteiger partial charge in [0.1, 0.15) is 5.75 Å². The second-order valence-electron chi connectivity index (χ2n) is 5.06. The number of benzene rings is 1. The van der Waals surface area contributed by atoms with E-state index in [1.807, 2.05) is 17.5 Å². The fraction of sp³-hybridized carbons (Fsp3) is 0.0588. The lowest BCUT2D eigenvalue weighted by molar-refractivity contribution is -0.139. The van der Waals surface area contributed by atoms with Crippen LogP contribution in [0.2, 0.25) is 0 Å². The molecule has 132 valence electrons. The largest absolute Gasteiger partial charge is 0.481 e. The minimum atomic E-state index is -1.08. The van der Waals surface area contributed by atoms with Crippen molar-refractivity contribution in [3.8, 4) is 16.3 Å². The second kappa shape index (κ2) is 8.08. The first-order chi connectivity index (χ1) is 12.6. The molecule has 0 aliphatic carbocycles. The molecule has 0 aliphatic heterocycles. The summed E-state index contributed by atoms with van der Waals surface area (Å²) in [6.07, 6.45) is 1.38. The average molecular weight is 370 g/mol. The zero-order chi connectivity index (χ0) is 18.4. The summed E-state index contributed by atoms with van der Waals surface area (Å²) in [7, 11) is 0. The van der Waals surface area contributed by atoms with E-state index in [1.54, 1.807) is 30.3 Å². The number of amides is 1. The van der Waals surface area contributed by atoms with Gasteiger partial charge in [0, 0.05) is 5.56 Å². The summed E-state index contributed by atoms with van der Waals surface area (Å²) in [6, 6.07) is 12.2. The van der Waals surface area contributed by atoms with Crippen molar-refractivity contribution >= 4 is 29.4 Å². The number of thiophene rings is 1. The molecule has 1 aromatic carbocycles. The van der Waals surface area contributed by atoms with Crippen LogP contribution in [0, 0.1) is 0 Å². The molecule has 0 spiro atoms. The molecule has 2 aromatic heterocycles. The number of aliphatic carboxylic acids is 1. The molecule has 0 aliphatic rings. The number of hydrazone groups is 1. The number of hydrogen-bond donors (Lipinski definition) is 3. The van der Waals surface area contributed by atoms with Gasteiger partial charge in [-0.25, -0.2) is 10.2 Å². The summed E-state index contributed by atoms with van der Waals surface area (Å²) in [5, 5.41) is 21.3. The van der Waals surface area contributed by atoms with Crippen LogP contribution in [0.15, 0.2) is 52.9 Å². The standard InChI is InChI=1S/C17H14N4O4S/c22-16(23)10-25-14-5-2-1-4-11(14)9-18-21-17(24)13-8-12(19-20-13)15-6-3-7-26-15/h1-9H,10H2,(H,19,20)(H,21,24)(H,22,23)/b18-9+. The number of ether oxygens (including phenoxy) is 1. The lowest BCUT2D eigenvalue weighted by atomic mass is 10.2. The predicted octanol–water partition coefficient (Wildman–Crippen LogP) is 2.37. The topological polar surface area (TPSA) is 117 Å². The molecule has 8 nitrogen and oxygen atoms in total. The van der Waals surface area contributed by atoms with Crippen LogP contribution in [0.5, 0.6) is 5.75 Å². The number of carboxylic acids is 1. The summed E-state index contributed by atoms with van der Waals surface area (Å²) in [5.74, 6) is -1.19. The lowest BCUT2D eigenvalue weighted by Crippen LogP contribution is -2.18. The Morgan fingerprint density at radius 1 is 1.31 bits per heavy atom. The molecular formula is C17H14N4O4S. The summed E-state index contributed by atoms with van der Waals surface area (Å²) < 4.78 is 5.17. The molecule has 2 heterocycles. The minimum absolute atomic E-state index is 0.209. The fourth-order valence-electron chi connectivity index (χ4n) is 2.07.